The normalized spacial score (nSPS) is 15.7. The quantitative estimate of drug-likeness (QED) is 0.473. The summed E-state index contributed by atoms with van der Waals surface area (Å²) < 4.78 is 0. The highest BCUT2D eigenvalue weighted by atomic mass is 14.2. The maximum atomic E-state index is 2.51. The van der Waals surface area contributed by atoms with Gasteiger partial charge in [0.25, 0.3) is 0 Å². The highest BCUT2D eigenvalue weighted by molar-refractivity contribution is 5.70. The Morgan fingerprint density at radius 2 is 1.81 bits per heavy atom. The van der Waals surface area contributed by atoms with Gasteiger partial charge in [-0.15, -0.1) is 0 Å². The summed E-state index contributed by atoms with van der Waals surface area (Å²) in [5.74, 6) is 0.803. The topological polar surface area (TPSA) is 0 Å². The standard InChI is InChI=1S/C27H34/c1-5-9-23-13-8-14-25(19-23)20(2)16-17-27-21(3)10-6-15-26(27)22(4)18-24-11-7-12-24/h6,8,10,13-16,18-19,24H,5,7,9,11-12,17H2,1-4H3/b20-16+,22-18-. The molecule has 0 atom stereocenters. The highest BCUT2D eigenvalue weighted by Crippen LogP contribution is 2.32. The van der Waals surface area contributed by atoms with Crippen LogP contribution in [0.15, 0.2) is 54.6 Å². The molecule has 0 heterocycles. The molecule has 0 aliphatic heterocycles. The summed E-state index contributed by atoms with van der Waals surface area (Å²) in [5, 5.41) is 0. The number of allylic oxidation sites excluding steroid dienone is 4. The van der Waals surface area contributed by atoms with Gasteiger partial charge >= 0.3 is 0 Å². The third-order valence-electron chi connectivity index (χ3n) is 6.00. The molecule has 2 aromatic carbocycles. The minimum atomic E-state index is 0.803. The van der Waals surface area contributed by atoms with Crippen molar-refractivity contribution in [1.82, 2.24) is 0 Å². The average Bonchev–Trinajstić information content (AvgIpc) is 2.63. The molecule has 142 valence electrons. The van der Waals surface area contributed by atoms with Gasteiger partial charge in [0.1, 0.15) is 0 Å². The van der Waals surface area contributed by atoms with Crippen molar-refractivity contribution in [1.29, 1.82) is 0 Å². The summed E-state index contributed by atoms with van der Waals surface area (Å²) in [7, 11) is 0. The predicted molar refractivity (Wildman–Crippen MR) is 120 cm³/mol. The molecule has 0 saturated heterocycles. The van der Waals surface area contributed by atoms with Crippen LogP contribution in [0.25, 0.3) is 11.1 Å². The maximum absolute atomic E-state index is 2.51. The second-order valence-electron chi connectivity index (χ2n) is 8.18. The third-order valence-corrected chi connectivity index (χ3v) is 6.00. The van der Waals surface area contributed by atoms with Crippen molar-refractivity contribution in [3.63, 3.8) is 0 Å². The average molecular weight is 359 g/mol. The van der Waals surface area contributed by atoms with Gasteiger partial charge in [-0.05, 0) is 91.3 Å². The van der Waals surface area contributed by atoms with Crippen LogP contribution >= 0.6 is 0 Å². The molecular weight excluding hydrogens is 324 g/mol. The van der Waals surface area contributed by atoms with Crippen molar-refractivity contribution in [2.75, 3.05) is 0 Å². The van der Waals surface area contributed by atoms with Crippen molar-refractivity contribution in [2.24, 2.45) is 5.92 Å². The second-order valence-corrected chi connectivity index (χ2v) is 8.18. The maximum Gasteiger partial charge on any atom is -0.00828 e. The lowest BCUT2D eigenvalue weighted by Crippen LogP contribution is -2.08. The molecule has 0 amide bonds. The Hall–Kier alpha value is -2.08. The van der Waals surface area contributed by atoms with Crippen LogP contribution in [0.2, 0.25) is 0 Å². The Morgan fingerprint density at radius 3 is 2.52 bits per heavy atom. The molecule has 0 N–H and O–H groups in total. The monoisotopic (exact) mass is 358 g/mol. The Labute approximate surface area is 166 Å². The molecular formula is C27H34. The van der Waals surface area contributed by atoms with Crippen LogP contribution < -0.4 is 0 Å². The Kier molecular flexibility index (Phi) is 6.72. The third kappa shape index (κ3) is 5.01. The fourth-order valence-electron chi connectivity index (χ4n) is 4.03. The van der Waals surface area contributed by atoms with Gasteiger partial charge in [-0.1, -0.05) is 74.4 Å². The first-order valence-corrected chi connectivity index (χ1v) is 10.6. The van der Waals surface area contributed by atoms with E-state index in [1.807, 2.05) is 0 Å². The minimum Gasteiger partial charge on any atom is -0.0779 e. The van der Waals surface area contributed by atoms with E-state index in [0.717, 1.165) is 18.8 Å². The van der Waals surface area contributed by atoms with E-state index in [0.29, 0.717) is 0 Å². The van der Waals surface area contributed by atoms with E-state index in [1.165, 1.54) is 64.6 Å². The zero-order valence-corrected chi connectivity index (χ0v) is 17.5. The fraction of sp³-hybridized carbons (Fsp3) is 0.407. The predicted octanol–water partition coefficient (Wildman–Crippen LogP) is 7.80. The summed E-state index contributed by atoms with van der Waals surface area (Å²) in [5.41, 5.74) is 9.95. The van der Waals surface area contributed by atoms with E-state index in [1.54, 1.807) is 0 Å². The number of hydrogen-bond acceptors (Lipinski definition) is 0. The van der Waals surface area contributed by atoms with Crippen molar-refractivity contribution in [3.05, 3.63) is 82.4 Å². The van der Waals surface area contributed by atoms with Gasteiger partial charge in [0, 0.05) is 0 Å². The first-order chi connectivity index (χ1) is 13.1. The van der Waals surface area contributed by atoms with E-state index in [4.69, 9.17) is 0 Å². The summed E-state index contributed by atoms with van der Waals surface area (Å²) >= 11 is 0. The Bertz CT molecular complexity index is 831. The van der Waals surface area contributed by atoms with Gasteiger partial charge in [0.05, 0.1) is 0 Å². The van der Waals surface area contributed by atoms with E-state index < -0.39 is 0 Å². The Balaban J connectivity index is 1.83. The lowest BCUT2D eigenvalue weighted by atomic mass is 9.82. The zero-order chi connectivity index (χ0) is 19.2. The van der Waals surface area contributed by atoms with Crippen molar-refractivity contribution >= 4 is 11.1 Å². The van der Waals surface area contributed by atoms with Crippen molar-refractivity contribution in [2.45, 2.75) is 66.2 Å². The first-order valence-electron chi connectivity index (χ1n) is 10.6. The Morgan fingerprint density at radius 1 is 1.04 bits per heavy atom. The van der Waals surface area contributed by atoms with Crippen LogP contribution in [0.5, 0.6) is 0 Å². The van der Waals surface area contributed by atoms with Crippen LogP contribution in [-0.4, -0.2) is 0 Å². The van der Waals surface area contributed by atoms with E-state index in [9.17, 15) is 0 Å². The molecule has 0 bridgehead atoms. The van der Waals surface area contributed by atoms with Crippen LogP contribution in [0.4, 0.5) is 0 Å². The molecule has 0 radical (unpaired) electrons. The number of hydrogen-bond donors (Lipinski definition) is 0. The molecule has 0 spiro atoms. The number of aryl methyl sites for hydroxylation is 2. The largest absolute Gasteiger partial charge is 0.0779 e. The van der Waals surface area contributed by atoms with Gasteiger partial charge in [-0.25, -0.2) is 0 Å². The van der Waals surface area contributed by atoms with Gasteiger partial charge < -0.3 is 0 Å². The molecule has 0 heteroatoms. The summed E-state index contributed by atoms with van der Waals surface area (Å²) in [4.78, 5) is 0. The number of benzene rings is 2. The molecule has 0 unspecified atom stereocenters. The molecule has 0 nitrogen and oxygen atoms in total. The van der Waals surface area contributed by atoms with Crippen molar-refractivity contribution in [3.8, 4) is 0 Å². The minimum absolute atomic E-state index is 0.803. The zero-order valence-electron chi connectivity index (χ0n) is 17.5. The fourth-order valence-corrected chi connectivity index (χ4v) is 4.03. The van der Waals surface area contributed by atoms with E-state index in [2.05, 4.69) is 82.3 Å². The van der Waals surface area contributed by atoms with Gasteiger partial charge in [-0.2, -0.15) is 0 Å². The smallest absolute Gasteiger partial charge is 0.00828 e. The summed E-state index contributed by atoms with van der Waals surface area (Å²) in [6, 6.07) is 15.8. The van der Waals surface area contributed by atoms with Crippen molar-refractivity contribution < 1.29 is 0 Å². The van der Waals surface area contributed by atoms with E-state index in [-0.39, 0.29) is 0 Å². The van der Waals surface area contributed by atoms with E-state index >= 15 is 0 Å². The van der Waals surface area contributed by atoms with Crippen LogP contribution in [0.3, 0.4) is 0 Å². The number of rotatable bonds is 7. The summed E-state index contributed by atoms with van der Waals surface area (Å²) in [6.07, 6.45) is 12.4. The van der Waals surface area contributed by atoms with Gasteiger partial charge in [0.15, 0.2) is 0 Å². The molecule has 1 aliphatic carbocycles. The van der Waals surface area contributed by atoms with Gasteiger partial charge in [-0.3, -0.25) is 0 Å². The van der Waals surface area contributed by atoms with Crippen LogP contribution in [-0.2, 0) is 12.8 Å². The molecule has 0 aromatic heterocycles. The first kappa shape index (κ1) is 19.7. The van der Waals surface area contributed by atoms with Crippen LogP contribution in [0.1, 0.15) is 74.3 Å². The molecule has 1 saturated carbocycles. The summed E-state index contributed by atoms with van der Waals surface area (Å²) in [6.45, 7) is 9.04. The van der Waals surface area contributed by atoms with Crippen LogP contribution in [0, 0.1) is 12.8 Å². The molecule has 1 fully saturated rings. The second kappa shape index (κ2) is 9.22. The molecule has 27 heavy (non-hydrogen) atoms. The molecule has 3 rings (SSSR count). The molecule has 2 aromatic rings. The lowest BCUT2D eigenvalue weighted by Gasteiger charge is -2.23. The van der Waals surface area contributed by atoms with Gasteiger partial charge in [0.2, 0.25) is 0 Å². The lowest BCUT2D eigenvalue weighted by molar-refractivity contribution is 0.388. The highest BCUT2D eigenvalue weighted by Gasteiger charge is 2.16. The molecule has 1 aliphatic rings. The SMILES string of the molecule is CCCc1cccc(/C(C)=C/Cc2c(C)cccc2/C(C)=C\C2CCC2)c1.